The Bertz CT molecular complexity index is 1790. The normalized spacial score (nSPS) is 17.5. The molecule has 0 aromatic heterocycles. The zero-order valence-corrected chi connectivity index (χ0v) is 27.0. The lowest BCUT2D eigenvalue weighted by atomic mass is 9.71. The summed E-state index contributed by atoms with van der Waals surface area (Å²) in [6.45, 7) is 2.48. The molecule has 0 radical (unpaired) electrons. The van der Waals surface area contributed by atoms with Crippen LogP contribution in [0.15, 0.2) is 126 Å². The van der Waals surface area contributed by atoms with Gasteiger partial charge in [0.15, 0.2) is 17.3 Å². The van der Waals surface area contributed by atoms with E-state index in [4.69, 9.17) is 18.9 Å². The number of carbonyl (C=O) groups excluding carboxylic acids is 2. The van der Waals surface area contributed by atoms with Gasteiger partial charge in [0, 0.05) is 35.7 Å². The number of ketones is 1. The molecule has 0 saturated heterocycles. The second kappa shape index (κ2) is 14.4. The molecule has 7 nitrogen and oxygen atoms in total. The van der Waals surface area contributed by atoms with Gasteiger partial charge in [-0.25, -0.2) is 4.79 Å². The summed E-state index contributed by atoms with van der Waals surface area (Å²) in [5.74, 6) is 0.781. The fraction of sp³-hybridized carbons (Fsp3) is 0.250. The highest BCUT2D eigenvalue weighted by Gasteiger charge is 2.41. The zero-order valence-electron chi connectivity index (χ0n) is 27.0. The first-order valence-corrected chi connectivity index (χ1v) is 15.9. The largest absolute Gasteiger partial charge is 0.497 e. The molecule has 7 heteroatoms. The Morgan fingerprint density at radius 3 is 2.15 bits per heavy atom. The van der Waals surface area contributed by atoms with Crippen molar-refractivity contribution in [1.29, 1.82) is 0 Å². The van der Waals surface area contributed by atoms with E-state index in [0.717, 1.165) is 33.7 Å². The quantitative estimate of drug-likeness (QED) is 0.173. The van der Waals surface area contributed by atoms with Gasteiger partial charge in [-0.1, -0.05) is 78.9 Å². The van der Waals surface area contributed by atoms with Crippen molar-refractivity contribution in [3.05, 3.63) is 148 Å². The van der Waals surface area contributed by atoms with Crippen molar-refractivity contribution in [2.24, 2.45) is 0 Å². The number of ether oxygens (including phenoxy) is 4. The Kier molecular flexibility index (Phi) is 9.72. The highest BCUT2D eigenvalue weighted by molar-refractivity contribution is 6.04. The van der Waals surface area contributed by atoms with Gasteiger partial charge in [0.25, 0.3) is 0 Å². The van der Waals surface area contributed by atoms with Gasteiger partial charge < -0.3 is 24.3 Å². The average Bonchev–Trinajstić information content (AvgIpc) is 3.10. The molecule has 240 valence electrons. The number of esters is 1. The number of allylic oxidation sites excluding steroid dienone is 3. The molecule has 6 rings (SSSR count). The maximum absolute atomic E-state index is 14.1. The number of hydrogen-bond acceptors (Lipinski definition) is 7. The van der Waals surface area contributed by atoms with E-state index in [1.54, 1.807) is 14.2 Å². The van der Waals surface area contributed by atoms with Crippen LogP contribution in [-0.4, -0.2) is 32.6 Å². The van der Waals surface area contributed by atoms with Crippen LogP contribution in [0.2, 0.25) is 0 Å². The molecule has 47 heavy (non-hydrogen) atoms. The lowest BCUT2D eigenvalue weighted by Crippen LogP contribution is -2.36. The summed E-state index contributed by atoms with van der Waals surface area (Å²) >= 11 is 0. The van der Waals surface area contributed by atoms with Gasteiger partial charge in [-0.05, 0) is 65.8 Å². The third-order valence-corrected chi connectivity index (χ3v) is 8.86. The van der Waals surface area contributed by atoms with Crippen LogP contribution >= 0.6 is 0 Å². The topological polar surface area (TPSA) is 83.1 Å². The van der Waals surface area contributed by atoms with Crippen molar-refractivity contribution in [1.82, 2.24) is 5.32 Å². The van der Waals surface area contributed by atoms with Crippen LogP contribution in [0, 0.1) is 0 Å². The summed E-state index contributed by atoms with van der Waals surface area (Å²) in [7, 11) is 3.23. The summed E-state index contributed by atoms with van der Waals surface area (Å²) < 4.78 is 23.1. The predicted octanol–water partition coefficient (Wildman–Crippen LogP) is 7.43. The van der Waals surface area contributed by atoms with Crippen LogP contribution in [-0.2, 0) is 27.4 Å². The fourth-order valence-electron chi connectivity index (χ4n) is 6.46. The van der Waals surface area contributed by atoms with Crippen LogP contribution in [0.1, 0.15) is 53.9 Å². The maximum atomic E-state index is 14.1. The third-order valence-electron chi connectivity index (χ3n) is 8.86. The third kappa shape index (κ3) is 7.09. The monoisotopic (exact) mass is 629 g/mol. The Hall–Kier alpha value is -5.30. The van der Waals surface area contributed by atoms with Crippen LogP contribution in [0.3, 0.4) is 0 Å². The average molecular weight is 630 g/mol. The number of nitrogens with one attached hydrogen (secondary N) is 1. The number of benzene rings is 4. The fourth-order valence-corrected chi connectivity index (χ4v) is 6.46. The van der Waals surface area contributed by atoms with Crippen LogP contribution in [0.25, 0.3) is 0 Å². The number of methoxy groups -OCH3 is 2. The smallest absolute Gasteiger partial charge is 0.336 e. The molecule has 1 N–H and O–H groups in total. The molecule has 0 unspecified atom stereocenters. The Balaban J connectivity index is 1.33. The lowest BCUT2D eigenvalue weighted by molar-refractivity contribution is -0.139. The van der Waals surface area contributed by atoms with Crippen molar-refractivity contribution in [2.75, 3.05) is 20.8 Å². The number of dihydropyridines is 1. The van der Waals surface area contributed by atoms with Gasteiger partial charge in [-0.15, -0.1) is 0 Å². The predicted molar refractivity (Wildman–Crippen MR) is 180 cm³/mol. The Morgan fingerprint density at radius 2 is 1.47 bits per heavy atom. The minimum absolute atomic E-state index is 0.00391. The summed E-state index contributed by atoms with van der Waals surface area (Å²) in [5.41, 5.74) is 6.46. The van der Waals surface area contributed by atoms with Gasteiger partial charge in [-0.3, -0.25) is 4.79 Å². The molecule has 0 saturated carbocycles. The molecule has 0 bridgehead atoms. The van der Waals surface area contributed by atoms with Crippen molar-refractivity contribution < 1.29 is 28.5 Å². The molecule has 2 atom stereocenters. The van der Waals surface area contributed by atoms with E-state index in [1.165, 1.54) is 0 Å². The molecular weight excluding hydrogens is 590 g/mol. The molecular formula is C40H39NO6. The van der Waals surface area contributed by atoms with Gasteiger partial charge in [-0.2, -0.15) is 0 Å². The molecule has 0 amide bonds. The molecule has 4 aromatic carbocycles. The summed E-state index contributed by atoms with van der Waals surface area (Å²) in [6.07, 6.45) is 1.55. The first-order chi connectivity index (χ1) is 22.9. The minimum Gasteiger partial charge on any atom is -0.497 e. The molecule has 4 aromatic rings. The van der Waals surface area contributed by atoms with E-state index in [1.807, 2.05) is 110 Å². The maximum Gasteiger partial charge on any atom is 0.336 e. The van der Waals surface area contributed by atoms with E-state index in [9.17, 15) is 9.59 Å². The number of rotatable bonds is 11. The molecule has 0 fully saturated rings. The van der Waals surface area contributed by atoms with Crippen LogP contribution < -0.4 is 19.5 Å². The van der Waals surface area contributed by atoms with E-state index in [-0.39, 0.29) is 18.3 Å². The van der Waals surface area contributed by atoms with Crippen LogP contribution in [0.5, 0.6) is 17.2 Å². The van der Waals surface area contributed by atoms with E-state index >= 15 is 0 Å². The van der Waals surface area contributed by atoms with Crippen molar-refractivity contribution in [3.8, 4) is 17.2 Å². The van der Waals surface area contributed by atoms with Crippen molar-refractivity contribution in [3.63, 3.8) is 0 Å². The summed E-state index contributed by atoms with van der Waals surface area (Å²) in [6, 6.07) is 33.3. The molecule has 1 aliphatic heterocycles. The number of hydrogen-bond donors (Lipinski definition) is 1. The summed E-state index contributed by atoms with van der Waals surface area (Å²) in [4.78, 5) is 28.0. The van der Waals surface area contributed by atoms with Crippen LogP contribution in [0.4, 0.5) is 0 Å². The minimum atomic E-state index is -0.628. The zero-order chi connectivity index (χ0) is 32.8. The molecule has 1 aliphatic carbocycles. The van der Waals surface area contributed by atoms with Gasteiger partial charge in [0.1, 0.15) is 12.4 Å². The number of Topliss-reactive ketones (excluding diaryl/α,β-unsaturated/α-hetero) is 1. The highest BCUT2D eigenvalue weighted by atomic mass is 16.5. The lowest BCUT2D eigenvalue weighted by Gasteiger charge is -2.37. The standard InChI is InChI=1S/C40H39NO6/c1-26-37(40(43)46-21-20-27-10-6-4-7-11-27)38(30-16-19-35(36(24-30)45-3)47-25-28-12-8-5-9-13-28)39-33(41-26)22-31(23-34(39)42)29-14-17-32(44-2)18-15-29/h4-19,24,31,38,41H,20-23,25H2,1-3H3/t31-,38+/m1/s1. The molecule has 1 heterocycles. The first-order valence-electron chi connectivity index (χ1n) is 15.9. The van der Waals surface area contributed by atoms with Gasteiger partial charge >= 0.3 is 5.97 Å². The SMILES string of the molecule is COc1ccc([C@H]2CC(=O)C3=C(C2)NC(C)=C(C(=O)OCCc2ccccc2)[C@@H]3c2ccc(OCc3ccccc3)c(OC)c2)cc1. The Morgan fingerprint density at radius 1 is 0.787 bits per heavy atom. The first kappa shape index (κ1) is 31.7. The number of carbonyl (C=O) groups is 2. The van der Waals surface area contributed by atoms with Gasteiger partial charge in [0.05, 0.1) is 26.4 Å². The second-order valence-corrected chi connectivity index (χ2v) is 11.8. The van der Waals surface area contributed by atoms with Gasteiger partial charge in [0.2, 0.25) is 0 Å². The Labute approximate surface area is 275 Å². The van der Waals surface area contributed by atoms with Crippen molar-refractivity contribution >= 4 is 11.8 Å². The molecule has 0 spiro atoms. The summed E-state index contributed by atoms with van der Waals surface area (Å²) in [5, 5.41) is 3.45. The molecule has 2 aliphatic rings. The highest BCUT2D eigenvalue weighted by Crippen LogP contribution is 2.47. The van der Waals surface area contributed by atoms with E-state index < -0.39 is 11.9 Å². The van der Waals surface area contributed by atoms with Crippen molar-refractivity contribution in [2.45, 2.75) is 44.6 Å². The van der Waals surface area contributed by atoms with E-state index in [2.05, 4.69) is 5.32 Å². The second-order valence-electron chi connectivity index (χ2n) is 11.8. The van der Waals surface area contributed by atoms with E-state index in [0.29, 0.717) is 54.2 Å².